The van der Waals surface area contributed by atoms with Crippen LogP contribution >= 0.6 is 0 Å². The molecule has 3 heteroatoms. The van der Waals surface area contributed by atoms with Gasteiger partial charge in [-0.1, -0.05) is 6.08 Å². The van der Waals surface area contributed by atoms with E-state index in [0.29, 0.717) is 5.57 Å². The summed E-state index contributed by atoms with van der Waals surface area (Å²) >= 11 is 0. The molecule has 0 bridgehead atoms. The summed E-state index contributed by atoms with van der Waals surface area (Å²) in [5.74, 6) is -0.486. The van der Waals surface area contributed by atoms with Crippen LogP contribution in [-0.2, 0) is 9.53 Å². The van der Waals surface area contributed by atoms with Crippen molar-refractivity contribution in [2.24, 2.45) is 5.73 Å². The topological polar surface area (TPSA) is 52.3 Å². The molecule has 10 heavy (non-hydrogen) atoms. The Hall–Kier alpha value is -1.51. The molecule has 1 aliphatic heterocycles. The number of primary amides is 1. The lowest BCUT2D eigenvalue weighted by atomic mass is 10.2. The number of amides is 1. The van der Waals surface area contributed by atoms with Crippen LogP contribution in [0, 0.1) is 0 Å². The van der Waals surface area contributed by atoms with Crippen LogP contribution in [0.2, 0.25) is 0 Å². The molecule has 0 aromatic rings. The molecule has 0 atom stereocenters. The molecule has 3 nitrogen and oxygen atoms in total. The summed E-state index contributed by atoms with van der Waals surface area (Å²) in [6.07, 6.45) is 7.72. The monoisotopic (exact) mass is 137 g/mol. The molecule has 0 fully saturated rings. The smallest absolute Gasteiger partial charge is 0.251 e. The number of rotatable bonds is 1. The Kier molecular flexibility index (Phi) is 1.89. The molecule has 0 unspecified atom stereocenters. The van der Waals surface area contributed by atoms with E-state index in [1.54, 1.807) is 18.2 Å². The molecule has 0 saturated heterocycles. The number of nitrogens with two attached hydrogens (primary N) is 1. The summed E-state index contributed by atoms with van der Waals surface area (Å²) in [6, 6.07) is 0. The van der Waals surface area contributed by atoms with Crippen molar-refractivity contribution in [3.63, 3.8) is 0 Å². The van der Waals surface area contributed by atoms with Crippen LogP contribution in [0.3, 0.4) is 0 Å². The number of carbonyl (C=O) groups is 1. The average Bonchev–Trinajstić information content (AvgIpc) is 2.12. The van der Waals surface area contributed by atoms with Crippen molar-refractivity contribution in [3.8, 4) is 0 Å². The Morgan fingerprint density at radius 1 is 1.50 bits per heavy atom. The van der Waals surface area contributed by atoms with Gasteiger partial charge in [0.05, 0.1) is 11.8 Å². The van der Waals surface area contributed by atoms with Gasteiger partial charge in [-0.25, -0.2) is 0 Å². The predicted octanol–water partition coefficient (Wildman–Crippen LogP) is 0.456. The highest BCUT2D eigenvalue weighted by Gasteiger charge is 1.99. The van der Waals surface area contributed by atoms with Crippen molar-refractivity contribution >= 4 is 5.91 Å². The van der Waals surface area contributed by atoms with Crippen LogP contribution in [0.1, 0.15) is 0 Å². The molecule has 1 amide bonds. The van der Waals surface area contributed by atoms with Gasteiger partial charge in [0.2, 0.25) is 0 Å². The number of hydrogen-bond donors (Lipinski definition) is 1. The third-order valence-corrected chi connectivity index (χ3v) is 1.02. The first-order valence-corrected chi connectivity index (χ1v) is 2.79. The Labute approximate surface area is 58.5 Å². The highest BCUT2D eigenvalue weighted by molar-refractivity contribution is 5.94. The van der Waals surface area contributed by atoms with Crippen LogP contribution in [0.4, 0.5) is 0 Å². The molecular weight excluding hydrogens is 130 g/mol. The second kappa shape index (κ2) is 2.87. The molecule has 1 aliphatic rings. The maximum Gasteiger partial charge on any atom is 0.251 e. The minimum atomic E-state index is -0.486. The van der Waals surface area contributed by atoms with E-state index in [9.17, 15) is 4.79 Å². The average molecular weight is 137 g/mol. The van der Waals surface area contributed by atoms with Crippen LogP contribution < -0.4 is 5.73 Å². The molecular formula is C7H7NO2. The summed E-state index contributed by atoms with van der Waals surface area (Å²) in [6.45, 7) is 0. The summed E-state index contributed by atoms with van der Waals surface area (Å²) in [7, 11) is 0. The van der Waals surface area contributed by atoms with Gasteiger partial charge in [-0.05, 0) is 12.2 Å². The van der Waals surface area contributed by atoms with Crippen LogP contribution in [0.5, 0.6) is 0 Å². The highest BCUT2D eigenvalue weighted by Crippen LogP contribution is 2.00. The van der Waals surface area contributed by atoms with E-state index in [1.165, 1.54) is 12.5 Å². The van der Waals surface area contributed by atoms with E-state index in [-0.39, 0.29) is 0 Å². The van der Waals surface area contributed by atoms with Gasteiger partial charge in [0.25, 0.3) is 5.91 Å². The quantitative estimate of drug-likeness (QED) is 0.570. The summed E-state index contributed by atoms with van der Waals surface area (Å²) in [5, 5.41) is 0. The zero-order chi connectivity index (χ0) is 7.40. The standard InChI is InChI=1S/C7H7NO2/c8-7(9)6-3-1-2-4-10-5-6/h1-5H,(H2,8,9). The minimum absolute atomic E-state index is 0.366. The van der Waals surface area contributed by atoms with Gasteiger partial charge in [-0.3, -0.25) is 4.79 Å². The molecule has 1 heterocycles. The van der Waals surface area contributed by atoms with E-state index < -0.39 is 5.91 Å². The molecule has 52 valence electrons. The minimum Gasteiger partial charge on any atom is -0.472 e. The molecule has 0 spiro atoms. The van der Waals surface area contributed by atoms with Crippen molar-refractivity contribution < 1.29 is 9.53 Å². The zero-order valence-corrected chi connectivity index (χ0v) is 5.28. The lowest BCUT2D eigenvalue weighted by Gasteiger charge is -1.91. The fourth-order valence-corrected chi connectivity index (χ4v) is 0.542. The lowest BCUT2D eigenvalue weighted by Crippen LogP contribution is -2.12. The molecule has 1 rings (SSSR count). The van der Waals surface area contributed by atoms with Crippen molar-refractivity contribution in [3.05, 3.63) is 36.3 Å². The van der Waals surface area contributed by atoms with Crippen LogP contribution in [0.15, 0.2) is 36.3 Å². The van der Waals surface area contributed by atoms with Crippen molar-refractivity contribution in [1.82, 2.24) is 0 Å². The number of hydrogen-bond acceptors (Lipinski definition) is 2. The number of carbonyl (C=O) groups excluding carboxylic acids is 1. The summed E-state index contributed by atoms with van der Waals surface area (Å²) in [5.41, 5.74) is 5.34. The fourth-order valence-electron chi connectivity index (χ4n) is 0.542. The normalized spacial score (nSPS) is 15.4. The van der Waals surface area contributed by atoms with E-state index in [1.807, 2.05) is 0 Å². The van der Waals surface area contributed by atoms with Crippen LogP contribution in [-0.4, -0.2) is 5.91 Å². The second-order valence-corrected chi connectivity index (χ2v) is 1.76. The van der Waals surface area contributed by atoms with Gasteiger partial charge in [-0.15, -0.1) is 0 Å². The highest BCUT2D eigenvalue weighted by atomic mass is 16.5. The Morgan fingerprint density at radius 2 is 2.30 bits per heavy atom. The van der Waals surface area contributed by atoms with Crippen molar-refractivity contribution in [1.29, 1.82) is 0 Å². The van der Waals surface area contributed by atoms with Gasteiger partial charge in [0.1, 0.15) is 6.26 Å². The first kappa shape index (κ1) is 6.61. The third-order valence-electron chi connectivity index (χ3n) is 1.02. The summed E-state index contributed by atoms with van der Waals surface area (Å²) in [4.78, 5) is 10.5. The van der Waals surface area contributed by atoms with E-state index in [4.69, 9.17) is 10.5 Å². The third kappa shape index (κ3) is 1.48. The zero-order valence-electron chi connectivity index (χ0n) is 5.28. The maximum absolute atomic E-state index is 10.5. The van der Waals surface area contributed by atoms with E-state index >= 15 is 0 Å². The maximum atomic E-state index is 10.5. The van der Waals surface area contributed by atoms with E-state index in [2.05, 4.69) is 0 Å². The first-order chi connectivity index (χ1) is 4.80. The molecule has 0 radical (unpaired) electrons. The largest absolute Gasteiger partial charge is 0.472 e. The Morgan fingerprint density at radius 3 is 3.00 bits per heavy atom. The molecule has 0 saturated carbocycles. The SMILES string of the molecule is NC(=O)C1=COC=CC=C1. The van der Waals surface area contributed by atoms with Crippen LogP contribution in [0.25, 0.3) is 0 Å². The molecule has 0 aromatic carbocycles. The molecule has 0 aliphatic carbocycles. The van der Waals surface area contributed by atoms with Gasteiger partial charge >= 0.3 is 0 Å². The second-order valence-electron chi connectivity index (χ2n) is 1.76. The predicted molar refractivity (Wildman–Crippen MR) is 36.6 cm³/mol. The number of allylic oxidation sites excluding steroid dienone is 2. The summed E-state index contributed by atoms with van der Waals surface area (Å²) < 4.78 is 4.76. The van der Waals surface area contributed by atoms with Crippen molar-refractivity contribution in [2.45, 2.75) is 0 Å². The lowest BCUT2D eigenvalue weighted by molar-refractivity contribution is -0.114. The molecule has 0 aromatic heterocycles. The first-order valence-electron chi connectivity index (χ1n) is 2.79. The fraction of sp³-hybridized carbons (Fsp3) is 0. The number of ether oxygens (including phenoxy) is 1. The Balaban J connectivity index is 2.78. The van der Waals surface area contributed by atoms with E-state index in [0.717, 1.165) is 0 Å². The Bertz CT molecular complexity index is 226. The van der Waals surface area contributed by atoms with Gasteiger partial charge < -0.3 is 10.5 Å². The van der Waals surface area contributed by atoms with Gasteiger partial charge in [0.15, 0.2) is 0 Å². The van der Waals surface area contributed by atoms with Gasteiger partial charge in [-0.2, -0.15) is 0 Å². The van der Waals surface area contributed by atoms with Crippen molar-refractivity contribution in [2.75, 3.05) is 0 Å². The molecule has 2 N–H and O–H groups in total. The van der Waals surface area contributed by atoms with Gasteiger partial charge in [0, 0.05) is 0 Å².